The number of aryl methyl sites for hydroxylation is 3. The number of amides is 1. The number of likely N-dealkylation sites (tertiary alicyclic amines) is 1. The quantitative estimate of drug-likeness (QED) is 0.656. The molecule has 0 N–H and O–H groups in total. The molecule has 4 rings (SSSR count). The molecular formula is C22H24N4OS. The van der Waals surface area contributed by atoms with Crippen LogP contribution in [0.25, 0.3) is 11.1 Å². The molecule has 1 aromatic carbocycles. The molecule has 0 saturated carbocycles. The van der Waals surface area contributed by atoms with Crippen LogP contribution < -0.4 is 0 Å². The number of carbonyl (C=O) groups is 1. The van der Waals surface area contributed by atoms with E-state index in [1.807, 2.05) is 30.3 Å². The molecule has 0 unspecified atom stereocenters. The molecule has 6 heteroatoms. The largest absolute Gasteiger partial charge is 0.337 e. The minimum atomic E-state index is 0.0249. The smallest absolute Gasteiger partial charge is 0.273 e. The lowest BCUT2D eigenvalue weighted by atomic mass is 9.89. The van der Waals surface area contributed by atoms with Gasteiger partial charge in [-0.1, -0.05) is 29.8 Å². The van der Waals surface area contributed by atoms with E-state index >= 15 is 0 Å². The molecule has 144 valence electrons. The van der Waals surface area contributed by atoms with Crippen molar-refractivity contribution in [3.63, 3.8) is 0 Å². The summed E-state index contributed by atoms with van der Waals surface area (Å²) >= 11 is 1.52. The lowest BCUT2D eigenvalue weighted by molar-refractivity contribution is 0.0700. The van der Waals surface area contributed by atoms with Crippen LogP contribution in [0.1, 0.15) is 51.3 Å². The van der Waals surface area contributed by atoms with Crippen molar-refractivity contribution in [2.75, 3.05) is 13.1 Å². The van der Waals surface area contributed by atoms with Crippen molar-refractivity contribution in [1.29, 1.82) is 0 Å². The molecule has 0 aliphatic carbocycles. The Morgan fingerprint density at radius 3 is 2.82 bits per heavy atom. The lowest BCUT2D eigenvalue weighted by Crippen LogP contribution is -2.39. The Balaban J connectivity index is 1.65. The monoisotopic (exact) mass is 392 g/mol. The molecule has 0 bridgehead atoms. The van der Waals surface area contributed by atoms with E-state index in [1.165, 1.54) is 16.9 Å². The first-order valence-corrected chi connectivity index (χ1v) is 10.5. The summed E-state index contributed by atoms with van der Waals surface area (Å²) in [4.78, 5) is 28.5. The van der Waals surface area contributed by atoms with E-state index in [0.29, 0.717) is 12.2 Å². The van der Waals surface area contributed by atoms with Crippen molar-refractivity contribution in [2.45, 2.75) is 39.5 Å². The molecule has 1 aliphatic heterocycles. The molecule has 1 saturated heterocycles. The van der Waals surface area contributed by atoms with E-state index in [9.17, 15) is 4.79 Å². The lowest BCUT2D eigenvalue weighted by Gasteiger charge is -2.33. The van der Waals surface area contributed by atoms with E-state index in [2.05, 4.69) is 41.2 Å². The van der Waals surface area contributed by atoms with Gasteiger partial charge in [-0.25, -0.2) is 15.0 Å². The molecule has 1 amide bonds. The molecule has 0 radical (unpaired) electrons. The van der Waals surface area contributed by atoms with E-state index in [0.717, 1.165) is 47.0 Å². The van der Waals surface area contributed by atoms with Gasteiger partial charge in [0.25, 0.3) is 5.91 Å². The molecule has 3 aromatic rings. The first-order valence-electron chi connectivity index (χ1n) is 9.63. The number of benzene rings is 1. The summed E-state index contributed by atoms with van der Waals surface area (Å²) in [6.07, 6.45) is 3.92. The average Bonchev–Trinajstić information content (AvgIpc) is 3.14. The zero-order valence-corrected chi connectivity index (χ0v) is 17.3. The molecule has 1 atom stereocenters. The van der Waals surface area contributed by atoms with Crippen molar-refractivity contribution in [1.82, 2.24) is 19.9 Å². The standard InChI is InChI=1S/C22H24N4OS/c1-14-6-4-7-17(10-14)19-11-23-15(2)24-21(19)18-8-5-9-26(12-18)22(27)20-13-28-16(3)25-20/h4,6-7,10-11,13,18H,5,8-9,12H2,1-3H3/t18-/m0/s1. The Bertz CT molecular complexity index is 1010. The third-order valence-electron chi connectivity index (χ3n) is 5.20. The Morgan fingerprint density at radius 2 is 2.07 bits per heavy atom. The van der Waals surface area contributed by atoms with Gasteiger partial charge < -0.3 is 4.90 Å². The minimum Gasteiger partial charge on any atom is -0.337 e. The zero-order chi connectivity index (χ0) is 19.7. The van der Waals surface area contributed by atoms with Gasteiger partial charge in [0.15, 0.2) is 0 Å². The highest BCUT2D eigenvalue weighted by Gasteiger charge is 2.29. The highest BCUT2D eigenvalue weighted by molar-refractivity contribution is 7.09. The molecule has 0 spiro atoms. The molecule has 1 aliphatic rings. The van der Waals surface area contributed by atoms with Gasteiger partial charge in [0.2, 0.25) is 0 Å². The van der Waals surface area contributed by atoms with E-state index in [-0.39, 0.29) is 11.8 Å². The molecule has 28 heavy (non-hydrogen) atoms. The normalized spacial score (nSPS) is 17.0. The predicted molar refractivity (Wildman–Crippen MR) is 112 cm³/mol. The summed E-state index contributed by atoms with van der Waals surface area (Å²) in [5.74, 6) is 0.997. The van der Waals surface area contributed by atoms with Crippen molar-refractivity contribution in [3.05, 3.63) is 63.6 Å². The maximum absolute atomic E-state index is 12.9. The molecule has 2 aromatic heterocycles. The third kappa shape index (κ3) is 3.83. The van der Waals surface area contributed by atoms with Crippen LogP contribution in [0.15, 0.2) is 35.8 Å². The predicted octanol–water partition coefficient (Wildman–Crippen LogP) is 4.55. The fourth-order valence-corrected chi connectivity index (χ4v) is 4.43. The van der Waals surface area contributed by atoms with Crippen LogP contribution in [0.3, 0.4) is 0 Å². The minimum absolute atomic E-state index is 0.0249. The first-order chi connectivity index (χ1) is 13.5. The third-order valence-corrected chi connectivity index (χ3v) is 5.97. The Kier molecular flexibility index (Phi) is 5.22. The fourth-order valence-electron chi connectivity index (χ4n) is 3.84. The summed E-state index contributed by atoms with van der Waals surface area (Å²) in [7, 11) is 0. The van der Waals surface area contributed by atoms with Gasteiger partial charge in [-0.3, -0.25) is 4.79 Å². The number of hydrogen-bond acceptors (Lipinski definition) is 5. The average molecular weight is 393 g/mol. The van der Waals surface area contributed by atoms with Crippen LogP contribution in [-0.4, -0.2) is 38.8 Å². The molecule has 1 fully saturated rings. The van der Waals surface area contributed by atoms with Gasteiger partial charge >= 0.3 is 0 Å². The molecule has 3 heterocycles. The maximum Gasteiger partial charge on any atom is 0.273 e. The first kappa shape index (κ1) is 18.7. The van der Waals surface area contributed by atoms with E-state index < -0.39 is 0 Å². The summed E-state index contributed by atoms with van der Waals surface area (Å²) < 4.78 is 0. The van der Waals surface area contributed by atoms with E-state index in [4.69, 9.17) is 4.98 Å². The van der Waals surface area contributed by atoms with Crippen LogP contribution in [0, 0.1) is 20.8 Å². The van der Waals surface area contributed by atoms with Crippen molar-refractivity contribution in [2.24, 2.45) is 0 Å². The van der Waals surface area contributed by atoms with Gasteiger partial charge in [-0.05, 0) is 39.2 Å². The van der Waals surface area contributed by atoms with Crippen LogP contribution >= 0.6 is 11.3 Å². The van der Waals surface area contributed by atoms with Crippen molar-refractivity contribution < 1.29 is 4.79 Å². The maximum atomic E-state index is 12.9. The number of carbonyl (C=O) groups excluding carboxylic acids is 1. The molecule has 5 nitrogen and oxygen atoms in total. The summed E-state index contributed by atoms with van der Waals surface area (Å²) in [5, 5.41) is 2.78. The molecular weight excluding hydrogens is 368 g/mol. The number of rotatable bonds is 3. The van der Waals surface area contributed by atoms with Crippen molar-refractivity contribution >= 4 is 17.2 Å². The zero-order valence-electron chi connectivity index (χ0n) is 16.5. The van der Waals surface area contributed by atoms with Crippen LogP contribution in [0.2, 0.25) is 0 Å². The number of aromatic nitrogens is 3. The van der Waals surface area contributed by atoms with E-state index in [1.54, 1.807) is 0 Å². The second-order valence-corrected chi connectivity index (χ2v) is 8.49. The van der Waals surface area contributed by atoms with Crippen molar-refractivity contribution in [3.8, 4) is 11.1 Å². The summed E-state index contributed by atoms with van der Waals surface area (Å²) in [6, 6.07) is 8.43. The Hall–Kier alpha value is -2.60. The van der Waals surface area contributed by atoms with Gasteiger partial charge in [-0.2, -0.15) is 0 Å². The van der Waals surface area contributed by atoms with Crippen LogP contribution in [-0.2, 0) is 0 Å². The fraction of sp³-hybridized carbons (Fsp3) is 0.364. The number of piperidine rings is 1. The SMILES string of the molecule is Cc1cccc(-c2cnc(C)nc2[C@H]2CCCN(C(=O)c3csc(C)n3)C2)c1. The van der Waals surface area contributed by atoms with Gasteiger partial charge in [0.1, 0.15) is 11.5 Å². The van der Waals surface area contributed by atoms with Crippen LogP contribution in [0.4, 0.5) is 0 Å². The van der Waals surface area contributed by atoms with Gasteiger partial charge in [-0.15, -0.1) is 11.3 Å². The van der Waals surface area contributed by atoms with Gasteiger partial charge in [0.05, 0.1) is 10.7 Å². The highest BCUT2D eigenvalue weighted by atomic mass is 32.1. The van der Waals surface area contributed by atoms with Gasteiger partial charge in [0, 0.05) is 36.1 Å². The summed E-state index contributed by atoms with van der Waals surface area (Å²) in [5.41, 5.74) is 5.01. The Morgan fingerprint density at radius 1 is 1.21 bits per heavy atom. The number of nitrogens with zero attached hydrogens (tertiary/aromatic N) is 4. The van der Waals surface area contributed by atoms with Crippen LogP contribution in [0.5, 0.6) is 0 Å². The summed E-state index contributed by atoms with van der Waals surface area (Å²) in [6.45, 7) is 7.39. The number of thiazole rings is 1. The second kappa shape index (κ2) is 7.80. The second-order valence-electron chi connectivity index (χ2n) is 7.43. The topological polar surface area (TPSA) is 59.0 Å². The highest BCUT2D eigenvalue weighted by Crippen LogP contribution is 2.33. The number of hydrogen-bond donors (Lipinski definition) is 0. The Labute approximate surface area is 169 Å².